The van der Waals surface area contributed by atoms with Crippen molar-refractivity contribution in [2.45, 2.75) is 12.8 Å². The molecule has 0 aromatic heterocycles. The molecule has 41 valence electrons. The molecule has 1 fully saturated rings. The molecule has 7 heavy (non-hydrogen) atoms. The van der Waals surface area contributed by atoms with Gasteiger partial charge in [0.15, 0.2) is 0 Å². The van der Waals surface area contributed by atoms with E-state index in [-0.39, 0.29) is 0 Å². The number of hydrogen-bond acceptors (Lipinski definition) is 1. The molecule has 1 heteroatoms. The Morgan fingerprint density at radius 2 is 2.00 bits per heavy atom. The van der Waals surface area contributed by atoms with Gasteiger partial charge in [-0.15, -0.1) is 0 Å². The zero-order valence-corrected chi connectivity index (χ0v) is 5.02. The summed E-state index contributed by atoms with van der Waals surface area (Å²) < 4.78 is 0. The maximum Gasteiger partial charge on any atom is 0.0276 e. The lowest BCUT2D eigenvalue weighted by molar-refractivity contribution is 0.468. The number of rotatable bonds is 2. The van der Waals surface area contributed by atoms with Gasteiger partial charge in [0, 0.05) is 6.54 Å². The molecule has 1 rings (SSSR count). The van der Waals surface area contributed by atoms with Crippen LogP contribution in [-0.2, 0) is 0 Å². The molecule has 1 nitrogen and oxygen atoms in total. The van der Waals surface area contributed by atoms with Crippen molar-refractivity contribution in [3.63, 3.8) is 0 Å². The first-order valence-corrected chi connectivity index (χ1v) is 2.80. The lowest BCUT2D eigenvalue weighted by Crippen LogP contribution is -2.07. The van der Waals surface area contributed by atoms with Gasteiger partial charge in [0.1, 0.15) is 0 Å². The molecular formula is C6H12N. The van der Waals surface area contributed by atoms with E-state index in [2.05, 4.69) is 25.5 Å². The van der Waals surface area contributed by atoms with E-state index < -0.39 is 0 Å². The van der Waals surface area contributed by atoms with Crippen LogP contribution in [0.4, 0.5) is 0 Å². The van der Waals surface area contributed by atoms with Crippen molar-refractivity contribution in [1.82, 2.24) is 4.90 Å². The number of nitrogens with zero attached hydrogens (tertiary/aromatic N) is 1. The summed E-state index contributed by atoms with van der Waals surface area (Å²) in [5, 5.41) is 0. The minimum Gasteiger partial charge on any atom is -0.305 e. The van der Waals surface area contributed by atoms with Gasteiger partial charge in [0.05, 0.1) is 0 Å². The van der Waals surface area contributed by atoms with Crippen molar-refractivity contribution in [3.8, 4) is 0 Å². The van der Waals surface area contributed by atoms with E-state index in [0.29, 0.717) is 0 Å². The van der Waals surface area contributed by atoms with Crippen molar-refractivity contribution in [2.24, 2.45) is 5.92 Å². The quantitative estimate of drug-likeness (QED) is 0.500. The Bertz CT molecular complexity index is 55.2. The smallest absolute Gasteiger partial charge is 0.0276 e. The molecule has 1 aliphatic carbocycles. The second-order valence-corrected chi connectivity index (χ2v) is 2.45. The van der Waals surface area contributed by atoms with Crippen LogP contribution < -0.4 is 0 Å². The van der Waals surface area contributed by atoms with Gasteiger partial charge in [-0.05, 0) is 32.9 Å². The maximum absolute atomic E-state index is 2.28. The first kappa shape index (κ1) is 5.10. The highest BCUT2D eigenvalue weighted by atomic mass is 15.1. The molecule has 0 aliphatic heterocycles. The zero-order valence-electron chi connectivity index (χ0n) is 5.02. The van der Waals surface area contributed by atoms with Crippen LogP contribution in [0, 0.1) is 12.5 Å². The third kappa shape index (κ3) is 1.93. The normalized spacial score (nSPS) is 21.0. The fourth-order valence-electron chi connectivity index (χ4n) is 0.667. The lowest BCUT2D eigenvalue weighted by atomic mass is 10.4. The van der Waals surface area contributed by atoms with Gasteiger partial charge in [-0.25, -0.2) is 0 Å². The fraction of sp³-hybridized carbons (Fsp3) is 0.833. The van der Waals surface area contributed by atoms with Gasteiger partial charge < -0.3 is 4.90 Å². The van der Waals surface area contributed by atoms with Crippen molar-refractivity contribution < 1.29 is 0 Å². The first-order valence-electron chi connectivity index (χ1n) is 2.80. The summed E-state index contributed by atoms with van der Waals surface area (Å²) in [7, 11) is 4.16. The molecule has 0 unspecified atom stereocenters. The summed E-state index contributed by atoms with van der Waals surface area (Å²) in [6.45, 7) is 2.28. The Hall–Kier alpha value is -0.0400. The average Bonchev–Trinajstić information content (AvgIpc) is 2.17. The second-order valence-electron chi connectivity index (χ2n) is 2.45. The van der Waals surface area contributed by atoms with Crippen LogP contribution in [0.2, 0.25) is 0 Å². The third-order valence-corrected chi connectivity index (χ3v) is 1.13. The first-order chi connectivity index (χ1) is 3.29. The highest BCUT2D eigenvalue weighted by molar-refractivity contribution is 4.84. The van der Waals surface area contributed by atoms with E-state index in [4.69, 9.17) is 0 Å². The summed E-state index contributed by atoms with van der Waals surface area (Å²) in [4.78, 5) is 2.14. The topological polar surface area (TPSA) is 3.24 Å². The highest BCUT2D eigenvalue weighted by Crippen LogP contribution is 2.31. The minimum atomic E-state index is 0.926. The molecule has 0 N–H and O–H groups in total. The summed E-state index contributed by atoms with van der Waals surface area (Å²) >= 11 is 0. The molecule has 0 heterocycles. The summed E-state index contributed by atoms with van der Waals surface area (Å²) in [5.41, 5.74) is 0. The van der Waals surface area contributed by atoms with E-state index in [1.165, 1.54) is 12.8 Å². The van der Waals surface area contributed by atoms with Crippen LogP contribution in [0.3, 0.4) is 0 Å². The predicted molar refractivity (Wildman–Crippen MR) is 30.7 cm³/mol. The molecule has 0 amide bonds. The molecule has 1 radical (unpaired) electrons. The van der Waals surface area contributed by atoms with Crippen molar-refractivity contribution >= 4 is 0 Å². The van der Waals surface area contributed by atoms with Gasteiger partial charge in [0.2, 0.25) is 0 Å². The average molecular weight is 98.2 g/mol. The molecule has 0 atom stereocenters. The van der Waals surface area contributed by atoms with Crippen LogP contribution in [0.5, 0.6) is 0 Å². The Balaban J connectivity index is 1.97. The maximum atomic E-state index is 2.28. The minimum absolute atomic E-state index is 0.926. The highest BCUT2D eigenvalue weighted by Gasteiger charge is 2.21. The fourth-order valence-corrected chi connectivity index (χ4v) is 0.667. The Kier molecular flexibility index (Phi) is 1.33. The van der Waals surface area contributed by atoms with E-state index in [1.54, 1.807) is 0 Å². The summed E-state index contributed by atoms with van der Waals surface area (Å²) in [5.74, 6) is 0.926. The molecule has 0 aromatic carbocycles. The van der Waals surface area contributed by atoms with E-state index in [1.807, 2.05) is 0 Å². The summed E-state index contributed by atoms with van der Waals surface area (Å²) in [6, 6.07) is 0. The van der Waals surface area contributed by atoms with Gasteiger partial charge in [-0.3, -0.25) is 0 Å². The zero-order chi connectivity index (χ0) is 5.28. The standard InChI is InChI=1S/C6H12N/c1-7(2)5-6-3-4-6/h5-6H,3-4H2,1-2H3. The van der Waals surface area contributed by atoms with Gasteiger partial charge in [0.25, 0.3) is 0 Å². The molecule has 0 spiro atoms. The van der Waals surface area contributed by atoms with Crippen LogP contribution in [0.1, 0.15) is 12.8 Å². The van der Waals surface area contributed by atoms with Gasteiger partial charge in [-0.1, -0.05) is 0 Å². The molecular weight excluding hydrogens is 86.1 g/mol. The lowest BCUT2D eigenvalue weighted by Gasteiger charge is -2.04. The largest absolute Gasteiger partial charge is 0.305 e. The van der Waals surface area contributed by atoms with Crippen LogP contribution in [0.25, 0.3) is 0 Å². The van der Waals surface area contributed by atoms with E-state index >= 15 is 0 Å². The molecule has 1 aliphatic rings. The van der Waals surface area contributed by atoms with Gasteiger partial charge in [-0.2, -0.15) is 0 Å². The predicted octanol–water partition coefficient (Wildman–Crippen LogP) is 1.12. The van der Waals surface area contributed by atoms with Crippen molar-refractivity contribution in [3.05, 3.63) is 6.54 Å². The molecule has 1 saturated carbocycles. The van der Waals surface area contributed by atoms with Crippen molar-refractivity contribution in [2.75, 3.05) is 14.1 Å². The van der Waals surface area contributed by atoms with E-state index in [0.717, 1.165) is 5.92 Å². The number of hydrogen-bond donors (Lipinski definition) is 0. The third-order valence-electron chi connectivity index (χ3n) is 1.13. The van der Waals surface area contributed by atoms with E-state index in [9.17, 15) is 0 Å². The van der Waals surface area contributed by atoms with Gasteiger partial charge >= 0.3 is 0 Å². The SMILES string of the molecule is CN(C)[CH]C1CC1. The van der Waals surface area contributed by atoms with Crippen LogP contribution in [-0.4, -0.2) is 19.0 Å². The Labute approximate surface area is 45.3 Å². The summed E-state index contributed by atoms with van der Waals surface area (Å²) in [6.07, 6.45) is 2.83. The monoisotopic (exact) mass is 98.1 g/mol. The Morgan fingerprint density at radius 3 is 2.14 bits per heavy atom. The molecule has 0 bridgehead atoms. The second kappa shape index (κ2) is 1.83. The van der Waals surface area contributed by atoms with Crippen molar-refractivity contribution in [1.29, 1.82) is 0 Å². The van der Waals surface area contributed by atoms with Crippen LogP contribution >= 0.6 is 0 Å². The molecule has 0 saturated heterocycles. The molecule has 0 aromatic rings. The van der Waals surface area contributed by atoms with Crippen LogP contribution in [0.15, 0.2) is 0 Å². The Morgan fingerprint density at radius 1 is 1.43 bits per heavy atom.